The highest BCUT2D eigenvalue weighted by Crippen LogP contribution is 2.41. The highest BCUT2D eigenvalue weighted by atomic mass is 32.2. The standard InChI is InChI=1S/C14H21NO4S/c1-18-13-11(10-5-4-8-15-9-10)6-7-12(14(13)19-2)20(3,16)17/h6-7,10,15H,4-5,8-9H2,1-3H3. The summed E-state index contributed by atoms with van der Waals surface area (Å²) in [6.07, 6.45) is 3.33. The zero-order valence-electron chi connectivity index (χ0n) is 12.1. The molecule has 6 heteroatoms. The molecule has 1 aliphatic heterocycles. The minimum Gasteiger partial charge on any atom is -0.493 e. The maximum Gasteiger partial charge on any atom is 0.179 e. The van der Waals surface area contributed by atoms with Crippen LogP contribution in [-0.2, 0) is 9.84 Å². The summed E-state index contributed by atoms with van der Waals surface area (Å²) in [4.78, 5) is 0.171. The van der Waals surface area contributed by atoms with Crippen molar-refractivity contribution in [2.24, 2.45) is 0 Å². The molecule has 1 unspecified atom stereocenters. The molecular formula is C14H21NO4S. The Balaban J connectivity index is 2.54. The molecule has 0 saturated carbocycles. The van der Waals surface area contributed by atoms with E-state index in [9.17, 15) is 8.42 Å². The van der Waals surface area contributed by atoms with Gasteiger partial charge in [0, 0.05) is 24.3 Å². The van der Waals surface area contributed by atoms with Gasteiger partial charge in [-0.15, -0.1) is 0 Å². The van der Waals surface area contributed by atoms with Gasteiger partial charge in [-0.3, -0.25) is 0 Å². The monoisotopic (exact) mass is 299 g/mol. The van der Waals surface area contributed by atoms with E-state index in [1.54, 1.807) is 13.2 Å². The van der Waals surface area contributed by atoms with Crippen molar-refractivity contribution in [2.75, 3.05) is 33.6 Å². The molecular weight excluding hydrogens is 278 g/mol. The third-order valence-electron chi connectivity index (χ3n) is 3.65. The molecule has 1 atom stereocenters. The first-order valence-corrected chi connectivity index (χ1v) is 8.53. The van der Waals surface area contributed by atoms with Gasteiger partial charge in [0.2, 0.25) is 0 Å². The lowest BCUT2D eigenvalue weighted by molar-refractivity contribution is 0.337. The molecule has 20 heavy (non-hydrogen) atoms. The number of hydrogen-bond donors (Lipinski definition) is 1. The Kier molecular flexibility index (Phi) is 4.55. The SMILES string of the molecule is COc1c(C2CCCNC2)ccc(S(C)(=O)=O)c1OC. The Morgan fingerprint density at radius 1 is 1.20 bits per heavy atom. The molecule has 1 aromatic rings. The zero-order chi connectivity index (χ0) is 14.8. The highest BCUT2D eigenvalue weighted by Gasteiger charge is 2.26. The van der Waals surface area contributed by atoms with Gasteiger partial charge in [-0.25, -0.2) is 8.42 Å². The third-order valence-corrected chi connectivity index (χ3v) is 4.77. The van der Waals surface area contributed by atoms with E-state index in [-0.39, 0.29) is 4.90 Å². The predicted octanol–water partition coefficient (Wildman–Crippen LogP) is 1.57. The van der Waals surface area contributed by atoms with Gasteiger partial charge in [-0.1, -0.05) is 6.07 Å². The van der Waals surface area contributed by atoms with E-state index in [1.807, 2.05) is 6.07 Å². The van der Waals surface area contributed by atoms with Crippen LogP contribution in [0.15, 0.2) is 17.0 Å². The summed E-state index contributed by atoms with van der Waals surface area (Å²) in [5.74, 6) is 1.16. The Morgan fingerprint density at radius 2 is 1.90 bits per heavy atom. The van der Waals surface area contributed by atoms with Gasteiger partial charge in [0.15, 0.2) is 21.3 Å². The van der Waals surface area contributed by atoms with E-state index in [0.29, 0.717) is 17.4 Å². The predicted molar refractivity (Wildman–Crippen MR) is 77.5 cm³/mol. The van der Waals surface area contributed by atoms with Crippen LogP contribution in [0, 0.1) is 0 Å². The molecule has 0 amide bonds. The average molecular weight is 299 g/mol. The normalized spacial score (nSPS) is 19.6. The molecule has 0 radical (unpaired) electrons. The van der Waals surface area contributed by atoms with E-state index in [2.05, 4.69) is 5.32 Å². The van der Waals surface area contributed by atoms with Crippen molar-refractivity contribution in [1.82, 2.24) is 5.32 Å². The average Bonchev–Trinajstić information content (AvgIpc) is 2.45. The van der Waals surface area contributed by atoms with Gasteiger partial charge in [-0.05, 0) is 25.5 Å². The largest absolute Gasteiger partial charge is 0.493 e. The fraction of sp³-hybridized carbons (Fsp3) is 0.571. The molecule has 1 heterocycles. The van der Waals surface area contributed by atoms with Gasteiger partial charge >= 0.3 is 0 Å². The van der Waals surface area contributed by atoms with Gasteiger partial charge in [0.25, 0.3) is 0 Å². The summed E-state index contributed by atoms with van der Waals surface area (Å²) >= 11 is 0. The number of rotatable bonds is 4. The first-order chi connectivity index (χ1) is 9.49. The molecule has 1 aromatic carbocycles. The molecule has 1 N–H and O–H groups in total. The Morgan fingerprint density at radius 3 is 2.40 bits per heavy atom. The summed E-state index contributed by atoms with van der Waals surface area (Å²) < 4.78 is 34.4. The molecule has 0 aromatic heterocycles. The summed E-state index contributed by atoms with van der Waals surface area (Å²) in [6.45, 7) is 1.90. The first kappa shape index (κ1) is 15.1. The highest BCUT2D eigenvalue weighted by molar-refractivity contribution is 7.90. The summed E-state index contributed by atoms with van der Waals surface area (Å²) in [7, 11) is -0.333. The maximum atomic E-state index is 11.8. The Bertz CT molecular complexity index is 577. The van der Waals surface area contributed by atoms with Crippen molar-refractivity contribution < 1.29 is 17.9 Å². The number of hydrogen-bond acceptors (Lipinski definition) is 5. The second kappa shape index (κ2) is 6.01. The number of benzene rings is 1. The van der Waals surface area contributed by atoms with Crippen LogP contribution in [0.2, 0.25) is 0 Å². The molecule has 0 aliphatic carbocycles. The quantitative estimate of drug-likeness (QED) is 0.914. The maximum absolute atomic E-state index is 11.8. The number of nitrogens with one attached hydrogen (secondary N) is 1. The van der Waals surface area contributed by atoms with Crippen molar-refractivity contribution in [2.45, 2.75) is 23.7 Å². The van der Waals surface area contributed by atoms with Crippen molar-refractivity contribution in [3.63, 3.8) is 0 Å². The van der Waals surface area contributed by atoms with Crippen molar-refractivity contribution in [3.05, 3.63) is 17.7 Å². The lowest BCUT2D eigenvalue weighted by Gasteiger charge is -2.26. The topological polar surface area (TPSA) is 64.6 Å². The molecule has 1 aliphatic rings. The molecule has 1 saturated heterocycles. The number of piperidine rings is 1. The van der Waals surface area contributed by atoms with E-state index in [0.717, 1.165) is 31.5 Å². The van der Waals surface area contributed by atoms with Crippen LogP contribution in [0.5, 0.6) is 11.5 Å². The fourth-order valence-electron chi connectivity index (χ4n) is 2.69. The smallest absolute Gasteiger partial charge is 0.179 e. The third kappa shape index (κ3) is 2.91. The van der Waals surface area contributed by atoms with Crippen molar-refractivity contribution >= 4 is 9.84 Å². The molecule has 0 spiro atoms. The van der Waals surface area contributed by atoms with E-state index >= 15 is 0 Å². The summed E-state index contributed by atoms with van der Waals surface area (Å²) in [6, 6.07) is 3.45. The lowest BCUT2D eigenvalue weighted by atomic mass is 9.91. The number of ether oxygens (including phenoxy) is 2. The van der Waals surface area contributed by atoms with Gasteiger partial charge in [-0.2, -0.15) is 0 Å². The van der Waals surface area contributed by atoms with E-state index in [4.69, 9.17) is 9.47 Å². The van der Waals surface area contributed by atoms with E-state index in [1.165, 1.54) is 13.4 Å². The molecule has 5 nitrogen and oxygen atoms in total. The molecule has 112 valence electrons. The molecule has 1 fully saturated rings. The van der Waals surface area contributed by atoms with Crippen LogP contribution < -0.4 is 14.8 Å². The van der Waals surface area contributed by atoms with Crippen LogP contribution in [0.25, 0.3) is 0 Å². The van der Waals surface area contributed by atoms with Gasteiger partial charge in [0.1, 0.15) is 4.90 Å². The molecule has 2 rings (SSSR count). The number of methoxy groups -OCH3 is 2. The van der Waals surface area contributed by atoms with Crippen LogP contribution in [0.3, 0.4) is 0 Å². The fourth-order valence-corrected chi connectivity index (χ4v) is 3.52. The lowest BCUT2D eigenvalue weighted by Crippen LogP contribution is -2.28. The Labute approximate surface area is 120 Å². The molecule has 0 bridgehead atoms. The minimum absolute atomic E-state index is 0.171. The second-order valence-electron chi connectivity index (χ2n) is 5.03. The first-order valence-electron chi connectivity index (χ1n) is 6.64. The van der Waals surface area contributed by atoms with Crippen LogP contribution >= 0.6 is 0 Å². The van der Waals surface area contributed by atoms with E-state index < -0.39 is 9.84 Å². The summed E-state index contributed by atoms with van der Waals surface area (Å²) in [5, 5.41) is 3.35. The van der Waals surface area contributed by atoms with Gasteiger partial charge in [0.05, 0.1) is 14.2 Å². The van der Waals surface area contributed by atoms with Crippen LogP contribution in [-0.4, -0.2) is 42.0 Å². The minimum atomic E-state index is -3.35. The Hall–Kier alpha value is -1.27. The van der Waals surface area contributed by atoms with Crippen molar-refractivity contribution in [1.29, 1.82) is 0 Å². The number of sulfone groups is 1. The van der Waals surface area contributed by atoms with Crippen LogP contribution in [0.1, 0.15) is 24.3 Å². The zero-order valence-corrected chi connectivity index (χ0v) is 12.9. The van der Waals surface area contributed by atoms with Gasteiger partial charge < -0.3 is 14.8 Å². The summed E-state index contributed by atoms with van der Waals surface area (Å²) in [5.41, 5.74) is 1.00. The van der Waals surface area contributed by atoms with Crippen LogP contribution in [0.4, 0.5) is 0 Å². The second-order valence-corrected chi connectivity index (χ2v) is 7.02. The van der Waals surface area contributed by atoms with Crippen molar-refractivity contribution in [3.8, 4) is 11.5 Å².